The van der Waals surface area contributed by atoms with E-state index in [0.29, 0.717) is 6.54 Å². The van der Waals surface area contributed by atoms with Crippen LogP contribution < -0.4 is 9.62 Å². The van der Waals surface area contributed by atoms with Crippen LogP contribution in [0.1, 0.15) is 12.0 Å². The fourth-order valence-electron chi connectivity index (χ4n) is 3.38. The molecule has 0 bridgehead atoms. The van der Waals surface area contributed by atoms with Gasteiger partial charge < -0.3 is 4.90 Å². The lowest BCUT2D eigenvalue weighted by Crippen LogP contribution is -2.37. The monoisotopic (exact) mass is 380 g/mol. The number of hydrogen-bond acceptors (Lipinski definition) is 3. The summed E-state index contributed by atoms with van der Waals surface area (Å²) in [6.45, 7) is 2.31. The maximum absolute atomic E-state index is 12.8. The summed E-state index contributed by atoms with van der Waals surface area (Å²) in [7, 11) is -3.70. The number of fused-ring (bicyclic) bond motifs is 1. The van der Waals surface area contributed by atoms with Gasteiger partial charge in [0.05, 0.1) is 4.90 Å². The molecule has 1 aliphatic heterocycles. The van der Waals surface area contributed by atoms with Crippen LogP contribution in [0.25, 0.3) is 10.8 Å². The first-order valence-corrected chi connectivity index (χ1v) is 10.3. The molecule has 0 saturated carbocycles. The summed E-state index contributed by atoms with van der Waals surface area (Å²) in [5.41, 5.74) is 1.90. The Bertz CT molecular complexity index is 1110. The van der Waals surface area contributed by atoms with Crippen LogP contribution in [0, 0.1) is 6.92 Å². The summed E-state index contributed by atoms with van der Waals surface area (Å²) in [6, 6.07) is 19.9. The van der Waals surface area contributed by atoms with Gasteiger partial charge >= 0.3 is 0 Å². The van der Waals surface area contributed by atoms with Crippen molar-refractivity contribution in [2.45, 2.75) is 24.3 Å². The van der Waals surface area contributed by atoms with Gasteiger partial charge in [0.2, 0.25) is 15.9 Å². The highest BCUT2D eigenvalue weighted by Gasteiger charge is 2.33. The molecule has 3 aromatic carbocycles. The van der Waals surface area contributed by atoms with Crippen LogP contribution in [0.3, 0.4) is 0 Å². The summed E-state index contributed by atoms with van der Waals surface area (Å²) in [5.74, 6) is -0.0786. The van der Waals surface area contributed by atoms with E-state index in [0.717, 1.165) is 22.0 Å². The van der Waals surface area contributed by atoms with E-state index < -0.39 is 16.1 Å². The number of benzene rings is 3. The van der Waals surface area contributed by atoms with E-state index in [4.69, 9.17) is 0 Å². The van der Waals surface area contributed by atoms with E-state index in [1.165, 1.54) is 0 Å². The van der Waals surface area contributed by atoms with Gasteiger partial charge in [-0.3, -0.25) is 4.79 Å². The molecule has 1 amide bonds. The molecule has 0 spiro atoms. The van der Waals surface area contributed by atoms with E-state index in [-0.39, 0.29) is 17.2 Å². The van der Waals surface area contributed by atoms with Crippen LogP contribution in [0.4, 0.5) is 5.69 Å². The van der Waals surface area contributed by atoms with Gasteiger partial charge in [-0.25, -0.2) is 13.1 Å². The topological polar surface area (TPSA) is 66.5 Å². The Kier molecular flexibility index (Phi) is 4.45. The first kappa shape index (κ1) is 17.7. The minimum Gasteiger partial charge on any atom is -0.311 e. The summed E-state index contributed by atoms with van der Waals surface area (Å²) in [4.78, 5) is 14.2. The van der Waals surface area contributed by atoms with Crippen LogP contribution in [-0.4, -0.2) is 26.9 Å². The zero-order valence-corrected chi connectivity index (χ0v) is 15.7. The van der Waals surface area contributed by atoms with Crippen LogP contribution in [0.5, 0.6) is 0 Å². The van der Waals surface area contributed by atoms with Gasteiger partial charge in [-0.2, -0.15) is 0 Å². The lowest BCUT2D eigenvalue weighted by Gasteiger charge is -2.17. The number of aryl methyl sites for hydroxylation is 1. The molecule has 138 valence electrons. The number of nitrogens with one attached hydrogen (secondary N) is 1. The first-order valence-electron chi connectivity index (χ1n) is 8.80. The molecule has 1 saturated heterocycles. The minimum absolute atomic E-state index is 0.0786. The smallest absolute Gasteiger partial charge is 0.240 e. The van der Waals surface area contributed by atoms with Gasteiger partial charge in [0, 0.05) is 24.7 Å². The molecule has 0 aliphatic carbocycles. The van der Waals surface area contributed by atoms with Crippen molar-refractivity contribution in [2.24, 2.45) is 0 Å². The number of anilines is 1. The van der Waals surface area contributed by atoms with Crippen LogP contribution >= 0.6 is 0 Å². The number of nitrogens with zero attached hydrogens (tertiary/aromatic N) is 1. The Morgan fingerprint density at radius 2 is 1.67 bits per heavy atom. The highest BCUT2D eigenvalue weighted by atomic mass is 32.2. The molecule has 5 nitrogen and oxygen atoms in total. The molecule has 1 heterocycles. The van der Waals surface area contributed by atoms with E-state index in [2.05, 4.69) is 4.72 Å². The Morgan fingerprint density at radius 1 is 0.963 bits per heavy atom. The third-order valence-electron chi connectivity index (χ3n) is 4.82. The summed E-state index contributed by atoms with van der Waals surface area (Å²) in [6.07, 6.45) is 0.153. The molecule has 0 radical (unpaired) electrons. The Balaban J connectivity index is 1.54. The lowest BCUT2D eigenvalue weighted by molar-refractivity contribution is -0.117. The van der Waals surface area contributed by atoms with Crippen molar-refractivity contribution in [3.8, 4) is 0 Å². The zero-order valence-electron chi connectivity index (χ0n) is 14.9. The van der Waals surface area contributed by atoms with E-state index in [1.807, 2.05) is 55.5 Å². The summed E-state index contributed by atoms with van der Waals surface area (Å²) in [5, 5.41) is 1.85. The van der Waals surface area contributed by atoms with Crippen molar-refractivity contribution in [2.75, 3.05) is 11.4 Å². The molecule has 1 N–H and O–H groups in total. The predicted molar refractivity (Wildman–Crippen MR) is 106 cm³/mol. The van der Waals surface area contributed by atoms with Gasteiger partial charge in [-0.1, -0.05) is 48.0 Å². The van der Waals surface area contributed by atoms with Gasteiger partial charge in [0.15, 0.2) is 0 Å². The maximum atomic E-state index is 12.8. The minimum atomic E-state index is -3.70. The molecule has 4 rings (SSSR count). The van der Waals surface area contributed by atoms with Gasteiger partial charge in [-0.05, 0) is 42.0 Å². The SMILES string of the molecule is Cc1ccc(N2C[C@@H](NS(=O)(=O)c3ccc4ccccc4c3)CC2=O)cc1. The fourth-order valence-corrected chi connectivity index (χ4v) is 4.64. The Morgan fingerprint density at radius 3 is 2.41 bits per heavy atom. The van der Waals surface area contributed by atoms with Crippen molar-refractivity contribution in [1.82, 2.24) is 4.72 Å². The predicted octanol–water partition coefficient (Wildman–Crippen LogP) is 3.23. The molecule has 1 aliphatic rings. The van der Waals surface area contributed by atoms with Crippen LogP contribution in [0.2, 0.25) is 0 Å². The molecular weight excluding hydrogens is 360 g/mol. The third kappa shape index (κ3) is 3.59. The summed E-state index contributed by atoms with van der Waals surface area (Å²) < 4.78 is 28.3. The molecule has 1 fully saturated rings. The number of hydrogen-bond donors (Lipinski definition) is 1. The average Bonchev–Trinajstić information content (AvgIpc) is 3.01. The highest BCUT2D eigenvalue weighted by molar-refractivity contribution is 7.89. The van der Waals surface area contributed by atoms with E-state index in [1.54, 1.807) is 23.1 Å². The lowest BCUT2D eigenvalue weighted by atomic mass is 10.1. The quantitative estimate of drug-likeness (QED) is 0.756. The second kappa shape index (κ2) is 6.79. The Labute approximate surface area is 158 Å². The third-order valence-corrected chi connectivity index (χ3v) is 6.34. The maximum Gasteiger partial charge on any atom is 0.240 e. The highest BCUT2D eigenvalue weighted by Crippen LogP contribution is 2.24. The Hall–Kier alpha value is -2.70. The number of rotatable bonds is 4. The van der Waals surface area contributed by atoms with Crippen LogP contribution in [-0.2, 0) is 14.8 Å². The van der Waals surface area contributed by atoms with Gasteiger partial charge in [-0.15, -0.1) is 0 Å². The molecular formula is C21H20N2O3S. The first-order chi connectivity index (χ1) is 12.9. The van der Waals surface area contributed by atoms with Crippen molar-refractivity contribution in [3.05, 3.63) is 72.3 Å². The largest absolute Gasteiger partial charge is 0.311 e. The van der Waals surface area contributed by atoms with E-state index in [9.17, 15) is 13.2 Å². The second-order valence-corrected chi connectivity index (χ2v) is 8.59. The zero-order chi connectivity index (χ0) is 19.0. The normalized spacial score (nSPS) is 17.6. The van der Waals surface area contributed by atoms with Crippen molar-refractivity contribution in [3.63, 3.8) is 0 Å². The standard InChI is InChI=1S/C21H20N2O3S/c1-15-6-9-19(10-7-15)23-14-18(13-21(23)24)22-27(25,26)20-11-8-16-4-2-3-5-17(16)12-20/h2-12,18,22H,13-14H2,1H3/t18-/m0/s1. The van der Waals surface area contributed by atoms with Gasteiger partial charge in [0.25, 0.3) is 0 Å². The van der Waals surface area contributed by atoms with Crippen LogP contribution in [0.15, 0.2) is 71.6 Å². The van der Waals surface area contributed by atoms with Crippen molar-refractivity contribution < 1.29 is 13.2 Å². The molecule has 0 aromatic heterocycles. The molecule has 0 unspecified atom stereocenters. The average molecular weight is 380 g/mol. The van der Waals surface area contributed by atoms with Gasteiger partial charge in [0.1, 0.15) is 0 Å². The van der Waals surface area contributed by atoms with Crippen molar-refractivity contribution in [1.29, 1.82) is 0 Å². The number of sulfonamides is 1. The molecule has 27 heavy (non-hydrogen) atoms. The molecule has 1 atom stereocenters. The number of carbonyl (C=O) groups is 1. The number of amides is 1. The molecule has 6 heteroatoms. The van der Waals surface area contributed by atoms with E-state index >= 15 is 0 Å². The fraction of sp³-hybridized carbons (Fsp3) is 0.190. The second-order valence-electron chi connectivity index (χ2n) is 6.87. The van der Waals surface area contributed by atoms with Crippen molar-refractivity contribution >= 4 is 32.4 Å². The summed E-state index contributed by atoms with van der Waals surface area (Å²) >= 11 is 0. The number of carbonyl (C=O) groups excluding carboxylic acids is 1. The molecule has 3 aromatic rings.